The third-order valence-corrected chi connectivity index (χ3v) is 7.49. The Bertz CT molecular complexity index is 953. The zero-order chi connectivity index (χ0) is 19.6. The van der Waals surface area contributed by atoms with Gasteiger partial charge in [-0.05, 0) is 56.0 Å². The average molecular weight is 451 g/mol. The highest BCUT2D eigenvalue weighted by Gasteiger charge is 2.28. The highest BCUT2D eigenvalue weighted by atomic mass is 79.9. The molecule has 27 heavy (non-hydrogen) atoms. The number of carbonyl (C=O) groups is 1. The third kappa shape index (κ3) is 4.25. The zero-order valence-electron chi connectivity index (χ0n) is 15.4. The van der Waals surface area contributed by atoms with E-state index in [9.17, 15) is 13.2 Å². The zero-order valence-corrected chi connectivity index (χ0v) is 17.8. The molecule has 0 saturated carbocycles. The number of benzene rings is 2. The van der Waals surface area contributed by atoms with Crippen molar-refractivity contribution in [3.8, 4) is 0 Å². The van der Waals surface area contributed by atoms with Gasteiger partial charge >= 0.3 is 0 Å². The van der Waals surface area contributed by atoms with E-state index in [4.69, 9.17) is 0 Å². The molecule has 0 aromatic heterocycles. The fourth-order valence-electron chi connectivity index (χ4n) is 3.26. The first kappa shape index (κ1) is 20.0. The summed E-state index contributed by atoms with van der Waals surface area (Å²) in [6.07, 6.45) is 1.75. The van der Waals surface area contributed by atoms with Gasteiger partial charge in [0.05, 0.1) is 10.9 Å². The first-order chi connectivity index (χ1) is 12.8. The topological polar surface area (TPSA) is 66.5 Å². The van der Waals surface area contributed by atoms with Gasteiger partial charge in [0, 0.05) is 23.1 Å². The quantitative estimate of drug-likeness (QED) is 0.747. The van der Waals surface area contributed by atoms with Gasteiger partial charge in [-0.2, -0.15) is 4.31 Å². The van der Waals surface area contributed by atoms with E-state index in [0.29, 0.717) is 18.7 Å². The van der Waals surface area contributed by atoms with E-state index >= 15 is 0 Å². The summed E-state index contributed by atoms with van der Waals surface area (Å²) in [4.78, 5) is 13.0. The number of hydrogen-bond donors (Lipinski definition) is 1. The summed E-state index contributed by atoms with van der Waals surface area (Å²) in [6, 6.07) is 12.2. The number of aryl methyl sites for hydroxylation is 1. The Kier molecular flexibility index (Phi) is 6.03. The van der Waals surface area contributed by atoms with Crippen LogP contribution in [0.25, 0.3) is 0 Å². The van der Waals surface area contributed by atoms with E-state index < -0.39 is 10.0 Å². The molecule has 1 heterocycles. The molecule has 0 unspecified atom stereocenters. The lowest BCUT2D eigenvalue weighted by atomic mass is 10.1. The van der Waals surface area contributed by atoms with Crippen LogP contribution in [-0.2, 0) is 10.0 Å². The van der Waals surface area contributed by atoms with Crippen LogP contribution in [0.1, 0.15) is 47.3 Å². The standard InChI is InChI=1S/C20H23BrN2O3S/c1-14-9-10-16(27(25,26)23-11-5-6-12-23)13-18(14)20(24)22-15(2)17-7-3-4-8-19(17)21/h3-4,7-10,13,15H,5-6,11-12H2,1-2H3,(H,22,24)/t15-/m0/s1. The Morgan fingerprint density at radius 1 is 1.15 bits per heavy atom. The van der Waals surface area contributed by atoms with E-state index in [1.165, 1.54) is 10.4 Å². The van der Waals surface area contributed by atoms with Crippen molar-refractivity contribution in [2.75, 3.05) is 13.1 Å². The summed E-state index contributed by atoms with van der Waals surface area (Å²) < 4.78 is 28.0. The van der Waals surface area contributed by atoms with Crippen LogP contribution in [0.3, 0.4) is 0 Å². The summed E-state index contributed by atoms with van der Waals surface area (Å²) >= 11 is 3.50. The van der Waals surface area contributed by atoms with E-state index in [2.05, 4.69) is 21.2 Å². The van der Waals surface area contributed by atoms with E-state index in [1.54, 1.807) is 12.1 Å². The van der Waals surface area contributed by atoms with Crippen molar-refractivity contribution in [1.82, 2.24) is 9.62 Å². The number of sulfonamides is 1. The number of nitrogens with one attached hydrogen (secondary N) is 1. The maximum atomic E-state index is 12.8. The van der Waals surface area contributed by atoms with Crippen molar-refractivity contribution >= 4 is 31.9 Å². The summed E-state index contributed by atoms with van der Waals surface area (Å²) in [7, 11) is -3.55. The molecule has 1 saturated heterocycles. The Morgan fingerprint density at radius 3 is 2.48 bits per heavy atom. The molecule has 3 rings (SSSR count). The summed E-state index contributed by atoms with van der Waals surface area (Å²) in [5, 5.41) is 2.96. The molecular weight excluding hydrogens is 428 g/mol. The van der Waals surface area contributed by atoms with Crippen molar-refractivity contribution < 1.29 is 13.2 Å². The Morgan fingerprint density at radius 2 is 1.81 bits per heavy atom. The molecule has 144 valence electrons. The minimum absolute atomic E-state index is 0.175. The van der Waals surface area contributed by atoms with Crippen LogP contribution in [0.4, 0.5) is 0 Å². The summed E-state index contributed by atoms with van der Waals surface area (Å²) in [5.41, 5.74) is 2.09. The van der Waals surface area contributed by atoms with Crippen molar-refractivity contribution in [1.29, 1.82) is 0 Å². The molecule has 2 aromatic carbocycles. The lowest BCUT2D eigenvalue weighted by molar-refractivity contribution is 0.0939. The lowest BCUT2D eigenvalue weighted by Gasteiger charge is -2.19. The molecule has 0 bridgehead atoms. The predicted octanol–water partition coefficient (Wildman–Crippen LogP) is 4.03. The molecule has 1 N–H and O–H groups in total. The second-order valence-electron chi connectivity index (χ2n) is 6.80. The van der Waals surface area contributed by atoms with E-state index in [0.717, 1.165) is 28.4 Å². The molecule has 1 aliphatic rings. The molecule has 5 nitrogen and oxygen atoms in total. The number of rotatable bonds is 5. The molecular formula is C20H23BrN2O3S. The van der Waals surface area contributed by atoms with Crippen LogP contribution < -0.4 is 5.32 Å². The second-order valence-corrected chi connectivity index (χ2v) is 9.60. The highest BCUT2D eigenvalue weighted by molar-refractivity contribution is 9.10. The van der Waals surface area contributed by atoms with E-state index in [-0.39, 0.29) is 16.8 Å². The van der Waals surface area contributed by atoms with Gasteiger partial charge < -0.3 is 5.32 Å². The average Bonchev–Trinajstić information content (AvgIpc) is 3.17. The van der Waals surface area contributed by atoms with Crippen LogP contribution in [0, 0.1) is 6.92 Å². The number of amides is 1. The van der Waals surface area contributed by atoms with Crippen molar-refractivity contribution in [3.05, 3.63) is 63.6 Å². The van der Waals surface area contributed by atoms with Crippen LogP contribution >= 0.6 is 15.9 Å². The highest BCUT2D eigenvalue weighted by Crippen LogP contribution is 2.25. The van der Waals surface area contributed by atoms with Crippen molar-refractivity contribution in [2.24, 2.45) is 0 Å². The van der Waals surface area contributed by atoms with Crippen molar-refractivity contribution in [2.45, 2.75) is 37.6 Å². The van der Waals surface area contributed by atoms with Crippen LogP contribution in [-0.4, -0.2) is 31.7 Å². The van der Waals surface area contributed by atoms with Gasteiger partial charge in [-0.1, -0.05) is 40.2 Å². The first-order valence-corrected chi connectivity index (χ1v) is 11.2. The monoisotopic (exact) mass is 450 g/mol. The summed E-state index contributed by atoms with van der Waals surface area (Å²) in [5.74, 6) is -0.283. The van der Waals surface area contributed by atoms with Gasteiger partial charge in [0.25, 0.3) is 5.91 Å². The number of carbonyl (C=O) groups excluding carboxylic acids is 1. The maximum absolute atomic E-state index is 12.8. The Labute approximate surface area is 169 Å². The van der Waals surface area contributed by atoms with Gasteiger partial charge in [-0.25, -0.2) is 8.42 Å². The van der Waals surface area contributed by atoms with Crippen molar-refractivity contribution in [3.63, 3.8) is 0 Å². The Hall–Kier alpha value is -1.70. The second kappa shape index (κ2) is 8.12. The normalized spacial score (nSPS) is 16.3. The Balaban J connectivity index is 1.86. The van der Waals surface area contributed by atoms with Gasteiger partial charge in [-0.15, -0.1) is 0 Å². The molecule has 1 amide bonds. The van der Waals surface area contributed by atoms with Crippen LogP contribution in [0.5, 0.6) is 0 Å². The molecule has 1 fully saturated rings. The third-order valence-electron chi connectivity index (χ3n) is 4.88. The molecule has 0 radical (unpaired) electrons. The fourth-order valence-corrected chi connectivity index (χ4v) is 5.43. The van der Waals surface area contributed by atoms with Crippen LogP contribution in [0.15, 0.2) is 51.8 Å². The molecule has 1 atom stereocenters. The largest absolute Gasteiger partial charge is 0.345 e. The maximum Gasteiger partial charge on any atom is 0.252 e. The van der Waals surface area contributed by atoms with Gasteiger partial charge in [-0.3, -0.25) is 4.79 Å². The lowest BCUT2D eigenvalue weighted by Crippen LogP contribution is -2.30. The van der Waals surface area contributed by atoms with E-state index in [1.807, 2.05) is 38.1 Å². The number of nitrogens with zero attached hydrogens (tertiary/aromatic N) is 1. The summed E-state index contributed by atoms with van der Waals surface area (Å²) in [6.45, 7) is 4.79. The molecule has 0 spiro atoms. The number of hydrogen-bond acceptors (Lipinski definition) is 3. The molecule has 1 aliphatic heterocycles. The van der Waals surface area contributed by atoms with Gasteiger partial charge in [0.1, 0.15) is 0 Å². The minimum atomic E-state index is -3.55. The van der Waals surface area contributed by atoms with Gasteiger partial charge in [0.15, 0.2) is 0 Å². The number of halogens is 1. The minimum Gasteiger partial charge on any atom is -0.345 e. The van der Waals surface area contributed by atoms with Gasteiger partial charge in [0.2, 0.25) is 10.0 Å². The molecule has 7 heteroatoms. The smallest absolute Gasteiger partial charge is 0.252 e. The first-order valence-electron chi connectivity index (χ1n) is 8.97. The predicted molar refractivity (Wildman–Crippen MR) is 109 cm³/mol. The SMILES string of the molecule is Cc1ccc(S(=O)(=O)N2CCCC2)cc1C(=O)N[C@@H](C)c1ccccc1Br. The van der Waals surface area contributed by atoms with Crippen LogP contribution in [0.2, 0.25) is 0 Å². The fraction of sp³-hybridized carbons (Fsp3) is 0.350. The molecule has 2 aromatic rings. The molecule has 0 aliphatic carbocycles.